The molecule has 1 aromatic rings. The van der Waals surface area contributed by atoms with Crippen LogP contribution in [0, 0.1) is 0 Å². The van der Waals surface area contributed by atoms with Crippen LogP contribution in [0.5, 0.6) is 0 Å². The van der Waals surface area contributed by atoms with Gasteiger partial charge in [-0.2, -0.15) is 8.75 Å². The van der Waals surface area contributed by atoms with Crippen LogP contribution in [0.25, 0.3) is 0 Å². The van der Waals surface area contributed by atoms with Crippen LogP contribution in [0.1, 0.15) is 25.7 Å². The maximum Gasteiger partial charge on any atom is 0.249 e. The second-order valence-electron chi connectivity index (χ2n) is 5.04. The highest BCUT2D eigenvalue weighted by molar-refractivity contribution is 6.99. The minimum absolute atomic E-state index is 0.0614. The van der Waals surface area contributed by atoms with Gasteiger partial charge in [0.15, 0.2) is 5.82 Å². The lowest BCUT2D eigenvalue weighted by molar-refractivity contribution is -0.130. The van der Waals surface area contributed by atoms with Crippen LogP contribution in [0.4, 0.5) is 5.82 Å². The summed E-state index contributed by atoms with van der Waals surface area (Å²) in [6, 6.07) is 0.263. The molecule has 2 fully saturated rings. The summed E-state index contributed by atoms with van der Waals surface area (Å²) >= 11 is 1.23. The summed E-state index contributed by atoms with van der Waals surface area (Å²) in [5.41, 5.74) is 0. The Bertz CT molecular complexity index is 411. The Balaban J connectivity index is 1.46. The summed E-state index contributed by atoms with van der Waals surface area (Å²) in [6.45, 7) is 2.55. The summed E-state index contributed by atoms with van der Waals surface area (Å²) in [5.74, 6) is 1.01. The van der Waals surface area contributed by atoms with Gasteiger partial charge < -0.3 is 15.0 Å². The minimum atomic E-state index is -0.222. The Morgan fingerprint density at radius 2 is 2.26 bits per heavy atom. The number of rotatable bonds is 3. The molecular formula is C12H18N4O2S. The molecule has 19 heavy (non-hydrogen) atoms. The van der Waals surface area contributed by atoms with Crippen LogP contribution in [-0.4, -0.2) is 46.5 Å². The molecular weight excluding hydrogens is 264 g/mol. The van der Waals surface area contributed by atoms with Crippen LogP contribution >= 0.6 is 11.7 Å². The number of aromatic nitrogens is 2. The van der Waals surface area contributed by atoms with Gasteiger partial charge in [-0.3, -0.25) is 4.79 Å². The van der Waals surface area contributed by atoms with Gasteiger partial charge >= 0.3 is 0 Å². The Hall–Kier alpha value is -1.21. The summed E-state index contributed by atoms with van der Waals surface area (Å²) in [7, 11) is 0. The molecule has 1 aromatic heterocycles. The molecule has 0 saturated carbocycles. The number of hydrogen-bond acceptors (Lipinski definition) is 6. The number of hydrogen-bond donors (Lipinski definition) is 1. The summed E-state index contributed by atoms with van der Waals surface area (Å²) in [5, 5.41) is 3.10. The fourth-order valence-corrected chi connectivity index (χ4v) is 3.07. The molecule has 7 heteroatoms. The van der Waals surface area contributed by atoms with Crippen molar-refractivity contribution in [3.63, 3.8) is 0 Å². The predicted molar refractivity (Wildman–Crippen MR) is 72.3 cm³/mol. The zero-order valence-corrected chi connectivity index (χ0v) is 11.6. The summed E-state index contributed by atoms with van der Waals surface area (Å²) < 4.78 is 13.7. The Morgan fingerprint density at radius 1 is 1.42 bits per heavy atom. The van der Waals surface area contributed by atoms with Gasteiger partial charge in [0, 0.05) is 25.7 Å². The SMILES string of the molecule is O=C(NC1CCN(c2cnsn2)CC1)[C@@H]1CCCO1. The normalized spacial score (nSPS) is 24.6. The number of anilines is 1. The van der Waals surface area contributed by atoms with Crippen molar-refractivity contribution in [2.24, 2.45) is 0 Å². The van der Waals surface area contributed by atoms with Crippen LogP contribution in [-0.2, 0) is 9.53 Å². The van der Waals surface area contributed by atoms with Gasteiger partial charge in [0.2, 0.25) is 5.91 Å². The first-order valence-corrected chi connectivity index (χ1v) is 7.50. The monoisotopic (exact) mass is 282 g/mol. The van der Waals surface area contributed by atoms with E-state index < -0.39 is 0 Å². The molecule has 6 nitrogen and oxygen atoms in total. The molecule has 1 N–H and O–H groups in total. The van der Waals surface area contributed by atoms with Crippen molar-refractivity contribution in [1.29, 1.82) is 0 Å². The first-order valence-electron chi connectivity index (χ1n) is 6.77. The van der Waals surface area contributed by atoms with E-state index in [0.717, 1.165) is 44.6 Å². The van der Waals surface area contributed by atoms with Crippen molar-refractivity contribution >= 4 is 23.5 Å². The minimum Gasteiger partial charge on any atom is -0.368 e. The van der Waals surface area contributed by atoms with E-state index in [1.807, 2.05) is 0 Å². The van der Waals surface area contributed by atoms with E-state index in [-0.39, 0.29) is 18.1 Å². The fraction of sp³-hybridized carbons (Fsp3) is 0.750. The molecule has 0 unspecified atom stereocenters. The first kappa shape index (κ1) is 12.8. The molecule has 2 aliphatic rings. The number of carbonyl (C=O) groups is 1. The van der Waals surface area contributed by atoms with Gasteiger partial charge in [-0.05, 0) is 25.7 Å². The lowest BCUT2D eigenvalue weighted by atomic mass is 10.0. The lowest BCUT2D eigenvalue weighted by Gasteiger charge is -2.32. The molecule has 3 heterocycles. The van der Waals surface area contributed by atoms with Crippen molar-refractivity contribution in [2.45, 2.75) is 37.8 Å². The molecule has 3 rings (SSSR count). The number of nitrogens with one attached hydrogen (secondary N) is 1. The predicted octanol–water partition coefficient (Wildman–Crippen LogP) is 0.802. The highest BCUT2D eigenvalue weighted by atomic mass is 32.1. The number of ether oxygens (including phenoxy) is 1. The van der Waals surface area contributed by atoms with Gasteiger partial charge in [-0.1, -0.05) is 0 Å². The van der Waals surface area contributed by atoms with E-state index in [0.29, 0.717) is 6.61 Å². The molecule has 1 amide bonds. The molecule has 0 aliphatic carbocycles. The Labute approximate surface area is 116 Å². The first-order chi connectivity index (χ1) is 9.33. The molecule has 0 bridgehead atoms. The van der Waals surface area contributed by atoms with E-state index in [4.69, 9.17) is 4.74 Å². The molecule has 0 spiro atoms. The maximum absolute atomic E-state index is 12.0. The molecule has 0 aromatic carbocycles. The van der Waals surface area contributed by atoms with E-state index in [1.54, 1.807) is 6.20 Å². The third kappa shape index (κ3) is 3.03. The van der Waals surface area contributed by atoms with E-state index in [1.165, 1.54) is 11.7 Å². The second kappa shape index (κ2) is 5.83. The third-order valence-electron chi connectivity index (χ3n) is 3.74. The topological polar surface area (TPSA) is 67.4 Å². The van der Waals surface area contributed by atoms with Crippen LogP contribution in [0.15, 0.2) is 6.20 Å². The van der Waals surface area contributed by atoms with Crippen LogP contribution < -0.4 is 10.2 Å². The Morgan fingerprint density at radius 3 is 2.89 bits per heavy atom. The highest BCUT2D eigenvalue weighted by Gasteiger charge is 2.27. The second-order valence-corrected chi connectivity index (χ2v) is 5.59. The zero-order valence-electron chi connectivity index (χ0n) is 10.7. The van der Waals surface area contributed by atoms with Gasteiger partial charge in [-0.25, -0.2) is 0 Å². The Kier molecular flexibility index (Phi) is 3.93. The molecule has 2 aliphatic heterocycles. The van der Waals surface area contributed by atoms with Crippen molar-refractivity contribution in [1.82, 2.24) is 14.1 Å². The third-order valence-corrected chi connectivity index (χ3v) is 4.21. The summed E-state index contributed by atoms with van der Waals surface area (Å²) in [4.78, 5) is 14.2. The van der Waals surface area contributed by atoms with E-state index in [9.17, 15) is 4.79 Å². The maximum atomic E-state index is 12.0. The average molecular weight is 282 g/mol. The fourth-order valence-electron chi connectivity index (χ4n) is 2.63. The van der Waals surface area contributed by atoms with Gasteiger partial charge in [0.1, 0.15) is 6.10 Å². The number of nitrogens with zero attached hydrogens (tertiary/aromatic N) is 3. The summed E-state index contributed by atoms with van der Waals surface area (Å²) in [6.07, 6.45) is 5.34. The average Bonchev–Trinajstić information content (AvgIpc) is 3.13. The van der Waals surface area contributed by atoms with Gasteiger partial charge in [0.05, 0.1) is 17.9 Å². The van der Waals surface area contributed by atoms with E-state index >= 15 is 0 Å². The molecule has 2 saturated heterocycles. The standard InChI is InChI=1S/C12H18N4O2S/c17-12(10-2-1-7-18-10)14-9-3-5-16(6-4-9)11-8-13-19-15-11/h8-10H,1-7H2,(H,14,17)/t10-/m0/s1. The van der Waals surface area contributed by atoms with E-state index in [2.05, 4.69) is 19.0 Å². The largest absolute Gasteiger partial charge is 0.368 e. The quantitative estimate of drug-likeness (QED) is 0.888. The van der Waals surface area contributed by atoms with Crippen molar-refractivity contribution in [3.05, 3.63) is 6.20 Å². The number of carbonyl (C=O) groups excluding carboxylic acids is 1. The number of amides is 1. The molecule has 0 radical (unpaired) electrons. The van der Waals surface area contributed by atoms with Crippen LogP contribution in [0.3, 0.4) is 0 Å². The molecule has 1 atom stereocenters. The van der Waals surface area contributed by atoms with Gasteiger partial charge in [0.25, 0.3) is 0 Å². The van der Waals surface area contributed by atoms with Crippen LogP contribution in [0.2, 0.25) is 0 Å². The smallest absolute Gasteiger partial charge is 0.249 e. The molecule has 104 valence electrons. The van der Waals surface area contributed by atoms with Crippen molar-refractivity contribution in [2.75, 3.05) is 24.6 Å². The highest BCUT2D eigenvalue weighted by Crippen LogP contribution is 2.19. The lowest BCUT2D eigenvalue weighted by Crippen LogP contribution is -2.47. The van der Waals surface area contributed by atoms with Crippen molar-refractivity contribution < 1.29 is 9.53 Å². The van der Waals surface area contributed by atoms with Gasteiger partial charge in [-0.15, -0.1) is 0 Å². The van der Waals surface area contributed by atoms with Crippen molar-refractivity contribution in [3.8, 4) is 0 Å². The number of piperidine rings is 1. The zero-order chi connectivity index (χ0) is 13.1.